The molecule has 8 aliphatic carbocycles. The van der Waals surface area contributed by atoms with E-state index in [1.807, 2.05) is 0 Å². The summed E-state index contributed by atoms with van der Waals surface area (Å²) in [5, 5.41) is 37.6. The van der Waals surface area contributed by atoms with Gasteiger partial charge in [-0.25, -0.2) is 0 Å². The summed E-state index contributed by atoms with van der Waals surface area (Å²) in [5.74, 6) is 4.35. The van der Waals surface area contributed by atoms with Crippen LogP contribution < -0.4 is 0 Å². The zero-order chi connectivity index (χ0) is 59.7. The van der Waals surface area contributed by atoms with E-state index in [4.69, 9.17) is 8.83 Å². The van der Waals surface area contributed by atoms with Crippen LogP contribution in [0.1, 0.15) is 121 Å². The average molecular weight is 1180 g/mol. The van der Waals surface area contributed by atoms with Crippen molar-refractivity contribution in [3.8, 4) is 56.6 Å². The van der Waals surface area contributed by atoms with Crippen LogP contribution in [0.5, 0.6) is 0 Å². The summed E-state index contributed by atoms with van der Waals surface area (Å²) in [4.78, 5) is 0. The maximum atomic E-state index is 11.6. The Morgan fingerprint density at radius 2 is 0.685 bits per heavy atom. The summed E-state index contributed by atoms with van der Waals surface area (Å²) in [7, 11) is 0. The molecule has 6 heterocycles. The Morgan fingerprint density at radius 1 is 0.304 bits per heavy atom. The van der Waals surface area contributed by atoms with E-state index in [1.165, 1.54) is 163 Å². The SMILES string of the molecule is N#Cc1cc2c(c3c1C1CC4CC(C1)CC3C4)c1cc(-c3c(-c4ccccc4)ccc4oc5ccccc5c34)cc3c4cc5c(cc4n2c31)c1cc(-c2c(-c3ccccc3)ccc3oc4ccccc4c23)cc2c3c4c(c(C#N)cc3n5c12)C1CC2CC(C1)CC4C2. The van der Waals surface area contributed by atoms with Crippen molar-refractivity contribution < 1.29 is 8.83 Å². The van der Waals surface area contributed by atoms with E-state index in [1.54, 1.807) is 0 Å². The minimum absolute atomic E-state index is 0.393. The molecule has 0 N–H and O–H groups in total. The Bertz CT molecular complexity index is 5880. The van der Waals surface area contributed by atoms with Crippen molar-refractivity contribution in [1.82, 2.24) is 8.80 Å². The van der Waals surface area contributed by atoms with E-state index >= 15 is 0 Å². The van der Waals surface area contributed by atoms with Gasteiger partial charge in [-0.3, -0.25) is 0 Å². The van der Waals surface area contributed by atoms with Crippen LogP contribution in [0.25, 0.3) is 165 Å². The molecule has 4 unspecified atom stereocenters. The smallest absolute Gasteiger partial charge is 0.136 e. The third kappa shape index (κ3) is 6.20. The van der Waals surface area contributed by atoms with Crippen LogP contribution in [0.4, 0.5) is 0 Å². The highest BCUT2D eigenvalue weighted by molar-refractivity contribution is 6.32. The number of nitriles is 2. The molecule has 6 nitrogen and oxygen atoms in total. The average Bonchev–Trinajstić information content (AvgIpc) is 1.52. The van der Waals surface area contributed by atoms with Gasteiger partial charge in [0.25, 0.3) is 0 Å². The van der Waals surface area contributed by atoms with Crippen molar-refractivity contribution >= 4 is 120 Å². The van der Waals surface area contributed by atoms with E-state index in [9.17, 15) is 10.5 Å². The Hall–Kier alpha value is -10.4. The molecule has 434 valence electrons. The van der Waals surface area contributed by atoms with Gasteiger partial charge < -0.3 is 17.6 Å². The molecule has 92 heavy (non-hydrogen) atoms. The molecule has 11 aromatic carbocycles. The second-order valence-electron chi connectivity index (χ2n) is 29.2. The number of nitrogens with zero attached hydrogens (tertiary/aromatic N) is 4. The van der Waals surface area contributed by atoms with E-state index in [0.29, 0.717) is 47.3 Å². The Balaban J connectivity index is 0.911. The lowest BCUT2D eigenvalue weighted by atomic mass is 9.67. The highest BCUT2D eigenvalue weighted by Crippen LogP contribution is 2.63. The lowest BCUT2D eigenvalue weighted by Gasteiger charge is -2.38. The Morgan fingerprint density at radius 3 is 1.10 bits per heavy atom. The molecule has 4 fully saturated rings. The van der Waals surface area contributed by atoms with Crippen LogP contribution >= 0.6 is 0 Å². The maximum Gasteiger partial charge on any atom is 0.136 e. The van der Waals surface area contributed by atoms with E-state index < -0.39 is 0 Å². The van der Waals surface area contributed by atoms with Gasteiger partial charge in [-0.2, -0.15) is 10.5 Å². The van der Waals surface area contributed by atoms with Crippen molar-refractivity contribution in [2.24, 2.45) is 23.7 Å². The largest absolute Gasteiger partial charge is 0.456 e. The molecule has 0 saturated heterocycles. The first-order chi connectivity index (χ1) is 45.5. The molecule has 6 heteroatoms. The molecular weight excluding hydrogens is 1120 g/mol. The number of aromatic nitrogens is 2. The Labute approximate surface area is 528 Å². The molecule has 25 rings (SSSR count). The summed E-state index contributed by atoms with van der Waals surface area (Å²) in [6.07, 6.45) is 12.1. The van der Waals surface area contributed by atoms with Crippen molar-refractivity contribution in [1.29, 1.82) is 10.5 Å². The van der Waals surface area contributed by atoms with E-state index in [2.05, 4.69) is 203 Å². The van der Waals surface area contributed by atoms with Gasteiger partial charge in [-0.1, -0.05) is 109 Å². The normalized spacial score (nSPS) is 22.3. The lowest BCUT2D eigenvalue weighted by molar-refractivity contribution is 0.166. The monoisotopic (exact) mass is 1180 g/mol. The third-order valence-corrected chi connectivity index (χ3v) is 24.6. The fraction of sp³-hybridized carbons (Fsp3) is 0.209. The van der Waals surface area contributed by atoms with Gasteiger partial charge in [0.2, 0.25) is 0 Å². The topological polar surface area (TPSA) is 82.7 Å². The predicted molar refractivity (Wildman–Crippen MR) is 373 cm³/mol. The summed E-state index contributed by atoms with van der Waals surface area (Å²) in [5.41, 5.74) is 27.2. The number of rotatable bonds is 4. The third-order valence-electron chi connectivity index (χ3n) is 24.6. The van der Waals surface area contributed by atoms with Gasteiger partial charge in [-0.05, 0) is 240 Å². The molecule has 17 aromatic rings. The number of furan rings is 2. The van der Waals surface area contributed by atoms with Gasteiger partial charge in [0.1, 0.15) is 22.3 Å². The maximum absolute atomic E-state index is 11.6. The lowest BCUT2D eigenvalue weighted by Crippen LogP contribution is -2.25. The van der Waals surface area contributed by atoms with Crippen LogP contribution in [0.2, 0.25) is 0 Å². The quantitative estimate of drug-likeness (QED) is 0.176. The van der Waals surface area contributed by atoms with Gasteiger partial charge in [-0.15, -0.1) is 0 Å². The minimum Gasteiger partial charge on any atom is -0.456 e. The number of hydrogen-bond donors (Lipinski definition) is 0. The fourth-order valence-electron chi connectivity index (χ4n) is 21.8. The standard InChI is InChI=1S/C86H58N4O2/c87-41-55-37-69-81(79-51-29-43-23-44(30-51)26-49(25-43)75(55)79)65-35-53(77-57(47-11-3-1-4-12-47)19-21-73-83(77)59-15-7-9-17-71(59)91-73)33-63-61-39-68-62(40-67(61)89(69)85(63)65)64-34-54(78-58(48-13-5-2-6-14-48)20-22-74-84(78)60-16-8-10-18-72(60)92-74)36-66-82-70(90(68)86(64)66)38-56(42-88)76-50-27-45-24-46(28-50)32-52(31-45)80(76)82/h1-22,33-40,43-46,49-52H,23-32H2. The number of para-hydroxylation sites is 2. The van der Waals surface area contributed by atoms with Crippen molar-refractivity contribution in [2.75, 3.05) is 0 Å². The zero-order valence-corrected chi connectivity index (χ0v) is 50.6. The second kappa shape index (κ2) is 17.3. The predicted octanol–water partition coefficient (Wildman–Crippen LogP) is 23.0. The van der Waals surface area contributed by atoms with Crippen LogP contribution in [0.3, 0.4) is 0 Å². The molecule has 0 amide bonds. The van der Waals surface area contributed by atoms with Gasteiger partial charge in [0.05, 0.1) is 56.4 Å². The first-order valence-corrected chi connectivity index (χ1v) is 33.8. The van der Waals surface area contributed by atoms with Gasteiger partial charge >= 0.3 is 0 Å². The van der Waals surface area contributed by atoms with Crippen LogP contribution in [0, 0.1) is 46.3 Å². The van der Waals surface area contributed by atoms with Crippen LogP contribution in [-0.2, 0) is 0 Å². The number of benzene rings is 11. The number of fused-ring (bicyclic) bond motifs is 18. The minimum atomic E-state index is 0.393. The Kier molecular flexibility index (Phi) is 9.31. The van der Waals surface area contributed by atoms with Crippen LogP contribution in [-0.4, -0.2) is 8.80 Å². The summed E-state index contributed by atoms with van der Waals surface area (Å²) < 4.78 is 18.8. The molecule has 8 bridgehead atoms. The first kappa shape index (κ1) is 49.4. The van der Waals surface area contributed by atoms with Crippen molar-refractivity contribution in [3.63, 3.8) is 0 Å². The highest BCUT2D eigenvalue weighted by Gasteiger charge is 2.47. The van der Waals surface area contributed by atoms with Gasteiger partial charge in [0.15, 0.2) is 0 Å². The number of hydrogen-bond acceptors (Lipinski definition) is 4. The summed E-state index contributed by atoms with van der Waals surface area (Å²) >= 11 is 0. The van der Waals surface area contributed by atoms with Crippen molar-refractivity contribution in [3.05, 3.63) is 215 Å². The molecule has 8 aliphatic rings. The molecule has 6 aromatic heterocycles. The molecule has 4 atom stereocenters. The van der Waals surface area contributed by atoms with Crippen molar-refractivity contribution in [2.45, 2.75) is 87.9 Å². The molecule has 4 saturated carbocycles. The van der Waals surface area contributed by atoms with Gasteiger partial charge in [0, 0.05) is 75.8 Å². The zero-order valence-electron chi connectivity index (χ0n) is 50.6. The van der Waals surface area contributed by atoms with Crippen LogP contribution in [0.15, 0.2) is 191 Å². The first-order valence-electron chi connectivity index (χ1n) is 33.8. The molecule has 0 aliphatic heterocycles. The van der Waals surface area contributed by atoms with E-state index in [0.717, 1.165) is 99.3 Å². The summed E-state index contributed by atoms with van der Waals surface area (Å²) in [6.45, 7) is 0. The van der Waals surface area contributed by atoms with E-state index in [-0.39, 0.29) is 0 Å². The molecular formula is C86H58N4O2. The summed E-state index contributed by atoms with van der Waals surface area (Å²) in [6, 6.07) is 73.5. The second-order valence-corrected chi connectivity index (χ2v) is 29.2. The molecule has 0 spiro atoms. The fourth-order valence-corrected chi connectivity index (χ4v) is 21.8. The molecule has 0 radical (unpaired) electrons. The highest BCUT2D eigenvalue weighted by atomic mass is 16.3.